The van der Waals surface area contributed by atoms with Crippen LogP contribution in [0.1, 0.15) is 5.82 Å². The predicted molar refractivity (Wildman–Crippen MR) is 48.3 cm³/mol. The van der Waals surface area contributed by atoms with E-state index >= 15 is 0 Å². The lowest BCUT2D eigenvalue weighted by molar-refractivity contribution is 0.886. The standard InChI is InChI=1S/C8H8ClN3/c1-5-11-6-4-10-8(9)3-7(6)12(5)2/h3-4H,1-2H3. The Morgan fingerprint density at radius 3 is 3.00 bits per heavy atom. The van der Waals surface area contributed by atoms with Gasteiger partial charge in [-0.05, 0) is 6.92 Å². The van der Waals surface area contributed by atoms with Crippen molar-refractivity contribution >= 4 is 22.6 Å². The van der Waals surface area contributed by atoms with Crippen LogP contribution in [0.2, 0.25) is 5.15 Å². The fraction of sp³-hybridized carbons (Fsp3) is 0.250. The van der Waals surface area contributed by atoms with Gasteiger partial charge in [0.1, 0.15) is 16.5 Å². The molecule has 0 amide bonds. The Kier molecular flexibility index (Phi) is 1.54. The maximum atomic E-state index is 5.75. The zero-order valence-electron chi connectivity index (χ0n) is 6.87. The number of hydrogen-bond donors (Lipinski definition) is 0. The fourth-order valence-electron chi connectivity index (χ4n) is 1.19. The molecule has 0 saturated heterocycles. The van der Waals surface area contributed by atoms with Crippen molar-refractivity contribution in [2.45, 2.75) is 6.92 Å². The van der Waals surface area contributed by atoms with Crippen LogP contribution in [0.25, 0.3) is 11.0 Å². The Morgan fingerprint density at radius 2 is 2.25 bits per heavy atom. The van der Waals surface area contributed by atoms with Crippen molar-refractivity contribution in [2.24, 2.45) is 7.05 Å². The second-order valence-corrected chi connectivity index (χ2v) is 3.10. The van der Waals surface area contributed by atoms with Gasteiger partial charge in [-0.2, -0.15) is 0 Å². The normalized spacial score (nSPS) is 10.9. The van der Waals surface area contributed by atoms with Crippen LogP contribution >= 0.6 is 11.6 Å². The smallest absolute Gasteiger partial charge is 0.131 e. The van der Waals surface area contributed by atoms with Gasteiger partial charge < -0.3 is 4.57 Å². The Bertz CT molecular complexity index is 433. The average molecular weight is 182 g/mol. The molecule has 0 spiro atoms. The van der Waals surface area contributed by atoms with Crippen molar-refractivity contribution in [3.63, 3.8) is 0 Å². The van der Waals surface area contributed by atoms with Gasteiger partial charge in [0, 0.05) is 13.1 Å². The quantitative estimate of drug-likeness (QED) is 0.582. The highest BCUT2D eigenvalue weighted by molar-refractivity contribution is 6.29. The van der Waals surface area contributed by atoms with E-state index in [0.29, 0.717) is 5.15 Å². The van der Waals surface area contributed by atoms with Crippen LogP contribution in [-0.4, -0.2) is 14.5 Å². The Labute approximate surface area is 75.0 Å². The van der Waals surface area contributed by atoms with Gasteiger partial charge >= 0.3 is 0 Å². The minimum atomic E-state index is 0.505. The molecular formula is C8H8ClN3. The minimum absolute atomic E-state index is 0.505. The zero-order valence-corrected chi connectivity index (χ0v) is 7.63. The van der Waals surface area contributed by atoms with Crippen LogP contribution in [0.5, 0.6) is 0 Å². The lowest BCUT2D eigenvalue weighted by atomic mass is 10.4. The zero-order chi connectivity index (χ0) is 8.72. The number of halogens is 1. The monoisotopic (exact) mass is 181 g/mol. The molecular weight excluding hydrogens is 174 g/mol. The van der Waals surface area contributed by atoms with Gasteiger partial charge in [-0.15, -0.1) is 0 Å². The third-order valence-corrected chi connectivity index (χ3v) is 2.16. The summed E-state index contributed by atoms with van der Waals surface area (Å²) >= 11 is 5.75. The topological polar surface area (TPSA) is 30.7 Å². The van der Waals surface area contributed by atoms with Gasteiger partial charge in [0.05, 0.1) is 11.7 Å². The van der Waals surface area contributed by atoms with Crippen LogP contribution in [0.3, 0.4) is 0 Å². The number of imidazole rings is 1. The molecule has 4 heteroatoms. The van der Waals surface area contributed by atoms with Crippen LogP contribution in [0.4, 0.5) is 0 Å². The molecule has 3 nitrogen and oxygen atoms in total. The molecule has 0 unspecified atom stereocenters. The summed E-state index contributed by atoms with van der Waals surface area (Å²) in [6.45, 7) is 1.95. The molecule has 0 saturated carbocycles. The van der Waals surface area contributed by atoms with Gasteiger partial charge in [-0.1, -0.05) is 11.6 Å². The van der Waals surface area contributed by atoms with Crippen molar-refractivity contribution in [3.05, 3.63) is 23.2 Å². The molecule has 0 bridgehead atoms. The molecule has 0 fully saturated rings. The molecule has 0 aliphatic carbocycles. The van der Waals surface area contributed by atoms with E-state index in [2.05, 4.69) is 9.97 Å². The number of aromatic nitrogens is 3. The molecule has 0 aromatic carbocycles. The van der Waals surface area contributed by atoms with E-state index in [0.717, 1.165) is 16.9 Å². The molecule has 62 valence electrons. The van der Waals surface area contributed by atoms with E-state index in [1.807, 2.05) is 24.6 Å². The maximum absolute atomic E-state index is 5.75. The van der Waals surface area contributed by atoms with Gasteiger partial charge in [0.15, 0.2) is 0 Å². The van der Waals surface area contributed by atoms with Crippen LogP contribution in [0, 0.1) is 6.92 Å². The summed E-state index contributed by atoms with van der Waals surface area (Å²) in [7, 11) is 1.96. The first-order chi connectivity index (χ1) is 5.68. The highest BCUT2D eigenvalue weighted by Gasteiger charge is 2.03. The van der Waals surface area contributed by atoms with Crippen molar-refractivity contribution in [2.75, 3.05) is 0 Å². The van der Waals surface area contributed by atoms with Crippen molar-refractivity contribution in [1.82, 2.24) is 14.5 Å². The van der Waals surface area contributed by atoms with Crippen molar-refractivity contribution in [3.8, 4) is 0 Å². The Balaban J connectivity index is 2.88. The number of nitrogens with zero attached hydrogens (tertiary/aromatic N) is 3. The maximum Gasteiger partial charge on any atom is 0.131 e. The molecule has 2 aromatic rings. The summed E-state index contributed by atoms with van der Waals surface area (Å²) < 4.78 is 1.99. The molecule has 0 aliphatic heterocycles. The highest BCUT2D eigenvalue weighted by Crippen LogP contribution is 2.16. The molecule has 0 N–H and O–H groups in total. The first-order valence-corrected chi connectivity index (χ1v) is 4.01. The molecule has 0 radical (unpaired) electrons. The van der Waals surface area contributed by atoms with Crippen molar-refractivity contribution in [1.29, 1.82) is 0 Å². The number of hydrogen-bond acceptors (Lipinski definition) is 2. The van der Waals surface area contributed by atoms with E-state index in [1.165, 1.54) is 0 Å². The SMILES string of the molecule is Cc1nc2cnc(Cl)cc2n1C. The Morgan fingerprint density at radius 1 is 1.50 bits per heavy atom. The molecule has 12 heavy (non-hydrogen) atoms. The molecule has 0 atom stereocenters. The van der Waals surface area contributed by atoms with Crippen LogP contribution in [-0.2, 0) is 7.05 Å². The first-order valence-electron chi connectivity index (χ1n) is 3.63. The van der Waals surface area contributed by atoms with Crippen molar-refractivity contribution < 1.29 is 0 Å². The summed E-state index contributed by atoms with van der Waals surface area (Å²) in [4.78, 5) is 8.25. The average Bonchev–Trinajstić information content (AvgIpc) is 2.31. The van der Waals surface area contributed by atoms with E-state index in [9.17, 15) is 0 Å². The molecule has 2 rings (SSSR count). The van der Waals surface area contributed by atoms with E-state index in [-0.39, 0.29) is 0 Å². The predicted octanol–water partition coefficient (Wildman–Crippen LogP) is 1.93. The number of fused-ring (bicyclic) bond motifs is 1. The molecule has 0 aliphatic rings. The van der Waals surface area contributed by atoms with Crippen LogP contribution < -0.4 is 0 Å². The fourth-order valence-corrected chi connectivity index (χ4v) is 1.34. The number of pyridine rings is 1. The lowest BCUT2D eigenvalue weighted by Gasteiger charge is -1.95. The first kappa shape index (κ1) is 7.55. The van der Waals surface area contributed by atoms with E-state index < -0.39 is 0 Å². The largest absolute Gasteiger partial charge is 0.331 e. The lowest BCUT2D eigenvalue weighted by Crippen LogP contribution is -1.89. The van der Waals surface area contributed by atoms with Gasteiger partial charge in [0.25, 0.3) is 0 Å². The summed E-state index contributed by atoms with van der Waals surface area (Å²) in [6, 6.07) is 1.82. The molecule has 2 heterocycles. The summed E-state index contributed by atoms with van der Waals surface area (Å²) in [6.07, 6.45) is 1.69. The summed E-state index contributed by atoms with van der Waals surface area (Å²) in [5.74, 6) is 0.967. The van der Waals surface area contributed by atoms with Gasteiger partial charge in [-0.3, -0.25) is 0 Å². The molecule has 2 aromatic heterocycles. The second-order valence-electron chi connectivity index (χ2n) is 2.71. The summed E-state index contributed by atoms with van der Waals surface area (Å²) in [5, 5.41) is 0.505. The highest BCUT2D eigenvalue weighted by atomic mass is 35.5. The van der Waals surface area contributed by atoms with Gasteiger partial charge in [0.2, 0.25) is 0 Å². The third-order valence-electron chi connectivity index (χ3n) is 1.96. The third kappa shape index (κ3) is 0.975. The second kappa shape index (κ2) is 2.45. The van der Waals surface area contributed by atoms with Gasteiger partial charge in [-0.25, -0.2) is 9.97 Å². The van der Waals surface area contributed by atoms with E-state index in [4.69, 9.17) is 11.6 Å². The number of aryl methyl sites for hydroxylation is 2. The number of rotatable bonds is 0. The minimum Gasteiger partial charge on any atom is -0.331 e. The van der Waals surface area contributed by atoms with E-state index in [1.54, 1.807) is 6.20 Å². The van der Waals surface area contributed by atoms with Crippen LogP contribution in [0.15, 0.2) is 12.3 Å². The Hall–Kier alpha value is -1.09. The summed E-state index contributed by atoms with van der Waals surface area (Å²) in [5.41, 5.74) is 1.91.